The molecule has 7 heteroatoms. The molecule has 23 heavy (non-hydrogen) atoms. The molecule has 2 aromatic heterocycles. The molecule has 0 N–H and O–H groups in total. The van der Waals surface area contributed by atoms with Crippen LogP contribution in [-0.4, -0.2) is 17.5 Å². The topological polar surface area (TPSA) is 88.0 Å². The lowest BCUT2D eigenvalue weighted by atomic mass is 10.3. The van der Waals surface area contributed by atoms with Crippen LogP contribution in [0.5, 0.6) is 0 Å². The van der Waals surface area contributed by atoms with Gasteiger partial charge in [-0.3, -0.25) is 8.42 Å². The lowest BCUT2D eigenvalue weighted by molar-refractivity contribution is -0.673. The lowest BCUT2D eigenvalue weighted by Gasteiger charge is -2.06. The molecule has 0 saturated carbocycles. The highest BCUT2D eigenvalue weighted by atomic mass is 32.3. The maximum absolute atomic E-state index is 8.52. The number of hydrogen-bond acceptors (Lipinski definition) is 4. The van der Waals surface area contributed by atoms with Crippen LogP contribution in [0, 0.1) is 0 Å². The van der Waals surface area contributed by atoms with E-state index in [1.54, 1.807) is 0 Å². The molecule has 0 saturated heterocycles. The second-order valence-electron chi connectivity index (χ2n) is 4.29. The summed E-state index contributed by atoms with van der Waals surface area (Å²) < 4.78 is 38.1. The van der Waals surface area contributed by atoms with Crippen LogP contribution in [0.2, 0.25) is 0 Å². The first kappa shape index (κ1) is 20.6. The number of nitrogens with zero attached hydrogens (tertiary/aromatic N) is 2. The van der Waals surface area contributed by atoms with Crippen LogP contribution >= 0.6 is 0 Å². The number of rotatable bonds is 2. The predicted molar refractivity (Wildman–Crippen MR) is 85.9 cm³/mol. The van der Waals surface area contributed by atoms with E-state index in [1.165, 1.54) is 0 Å². The van der Waals surface area contributed by atoms with Gasteiger partial charge in [-0.05, 0) is 12.1 Å². The number of hydrogen-bond donors (Lipinski definition) is 0. The van der Waals surface area contributed by atoms with Crippen LogP contribution in [0.4, 0.5) is 0 Å². The average molecular weight is 336 g/mol. The van der Waals surface area contributed by atoms with Gasteiger partial charge in [0.1, 0.15) is 14.1 Å². The Morgan fingerprint density at radius 1 is 0.870 bits per heavy atom. The predicted octanol–water partition coefficient (Wildman–Crippen LogP) is 0.970. The summed E-state index contributed by atoms with van der Waals surface area (Å²) >= 11 is 0. The molecule has 0 atom stereocenters. The van der Waals surface area contributed by atoms with Crippen molar-refractivity contribution < 1.29 is 26.7 Å². The van der Waals surface area contributed by atoms with Crippen molar-refractivity contribution in [2.75, 3.05) is 0 Å². The van der Waals surface area contributed by atoms with Gasteiger partial charge in [-0.1, -0.05) is 13.2 Å². The first-order valence-corrected chi connectivity index (χ1v) is 7.83. The third kappa shape index (κ3) is 10.9. The molecule has 2 aromatic rings. The first-order chi connectivity index (χ1) is 10.7. The van der Waals surface area contributed by atoms with Gasteiger partial charge in [0.25, 0.3) is 0 Å². The Hall–Kier alpha value is -2.35. The molecule has 0 aliphatic carbocycles. The lowest BCUT2D eigenvalue weighted by Crippen LogP contribution is -2.30. The molecular formula is C16H20N2O4S. The summed E-state index contributed by atoms with van der Waals surface area (Å²) in [6.07, 6.45) is 7.66. The maximum atomic E-state index is 8.52. The van der Waals surface area contributed by atoms with Crippen molar-refractivity contribution in [3.8, 4) is 0 Å². The van der Waals surface area contributed by atoms with E-state index >= 15 is 0 Å². The monoisotopic (exact) mass is 336 g/mol. The van der Waals surface area contributed by atoms with Crippen LogP contribution in [0.3, 0.4) is 0 Å². The van der Waals surface area contributed by atoms with Gasteiger partial charge < -0.3 is 9.11 Å². The Kier molecular flexibility index (Phi) is 9.33. The standard InChI is InChI=1S/2C8H10N.H2O4S/c2*1-3-8-6-4-5-7-9(8)2;1-5(2,3)4/h2*3-7H,1H2,2H3;(H2,1,2,3,4)/q2*+1;/p-2. The van der Waals surface area contributed by atoms with Gasteiger partial charge >= 0.3 is 0 Å². The van der Waals surface area contributed by atoms with E-state index in [0.717, 1.165) is 11.4 Å². The summed E-state index contributed by atoms with van der Waals surface area (Å²) in [5.41, 5.74) is 2.27. The molecule has 0 radical (unpaired) electrons. The normalized spacial score (nSPS) is 9.57. The van der Waals surface area contributed by atoms with Gasteiger partial charge in [-0.15, -0.1) is 0 Å². The number of aryl methyl sites for hydroxylation is 2. The summed E-state index contributed by atoms with van der Waals surface area (Å²) in [6.45, 7) is 7.34. The molecule has 124 valence electrons. The van der Waals surface area contributed by atoms with Gasteiger partial charge in [0, 0.05) is 46.8 Å². The molecule has 0 bridgehead atoms. The Bertz CT molecular complexity index is 686. The fourth-order valence-electron chi connectivity index (χ4n) is 1.50. The van der Waals surface area contributed by atoms with Crippen LogP contribution < -0.4 is 9.13 Å². The Morgan fingerprint density at radius 2 is 1.17 bits per heavy atom. The van der Waals surface area contributed by atoms with E-state index in [-0.39, 0.29) is 0 Å². The van der Waals surface area contributed by atoms with E-state index in [1.807, 2.05) is 84.2 Å². The smallest absolute Gasteiger partial charge is 0.204 e. The maximum Gasteiger partial charge on any atom is 0.204 e. The minimum Gasteiger partial charge on any atom is -0.759 e. The summed E-state index contributed by atoms with van der Waals surface area (Å²) in [6, 6.07) is 12.0. The summed E-state index contributed by atoms with van der Waals surface area (Å²) in [7, 11) is -1.17. The summed E-state index contributed by atoms with van der Waals surface area (Å²) in [5.74, 6) is 0. The van der Waals surface area contributed by atoms with Crippen LogP contribution in [-0.2, 0) is 24.5 Å². The van der Waals surface area contributed by atoms with Crippen molar-refractivity contribution >= 4 is 22.6 Å². The third-order valence-corrected chi connectivity index (χ3v) is 2.61. The second-order valence-corrected chi connectivity index (χ2v) is 5.11. The van der Waals surface area contributed by atoms with Crippen molar-refractivity contribution in [1.29, 1.82) is 0 Å². The molecule has 0 aliphatic heterocycles. The largest absolute Gasteiger partial charge is 0.759 e. The van der Waals surface area contributed by atoms with Gasteiger partial charge in [0.2, 0.25) is 11.4 Å². The fraction of sp³-hybridized carbons (Fsp3) is 0.125. The number of aromatic nitrogens is 2. The zero-order valence-electron chi connectivity index (χ0n) is 13.1. The van der Waals surface area contributed by atoms with Crippen molar-refractivity contribution in [2.45, 2.75) is 0 Å². The van der Waals surface area contributed by atoms with E-state index in [2.05, 4.69) is 13.2 Å². The van der Waals surface area contributed by atoms with E-state index in [9.17, 15) is 0 Å². The van der Waals surface area contributed by atoms with Crippen LogP contribution in [0.15, 0.2) is 61.9 Å². The van der Waals surface area contributed by atoms with Gasteiger partial charge in [0.05, 0.1) is 0 Å². The molecule has 0 unspecified atom stereocenters. The van der Waals surface area contributed by atoms with E-state index in [0.29, 0.717) is 0 Å². The second kappa shape index (κ2) is 10.4. The molecule has 0 aromatic carbocycles. The summed E-state index contributed by atoms with van der Waals surface area (Å²) in [4.78, 5) is 0. The Labute approximate surface area is 137 Å². The van der Waals surface area contributed by atoms with Gasteiger partial charge in [0.15, 0.2) is 12.4 Å². The van der Waals surface area contributed by atoms with Crippen molar-refractivity contribution in [2.24, 2.45) is 14.1 Å². The fourth-order valence-corrected chi connectivity index (χ4v) is 1.50. The van der Waals surface area contributed by atoms with Crippen molar-refractivity contribution in [3.63, 3.8) is 0 Å². The molecule has 6 nitrogen and oxygen atoms in total. The highest BCUT2D eigenvalue weighted by Crippen LogP contribution is 1.90. The molecular weight excluding hydrogens is 316 g/mol. The van der Waals surface area contributed by atoms with Crippen LogP contribution in [0.1, 0.15) is 11.4 Å². The van der Waals surface area contributed by atoms with Gasteiger partial charge in [-0.25, -0.2) is 9.13 Å². The van der Waals surface area contributed by atoms with Crippen molar-refractivity contribution in [1.82, 2.24) is 0 Å². The molecule has 0 fully saturated rings. The molecule has 0 spiro atoms. The van der Waals surface area contributed by atoms with Crippen LogP contribution in [0.25, 0.3) is 12.2 Å². The first-order valence-electron chi connectivity index (χ1n) is 6.50. The zero-order chi connectivity index (χ0) is 17.9. The van der Waals surface area contributed by atoms with E-state index < -0.39 is 10.4 Å². The van der Waals surface area contributed by atoms with E-state index in [4.69, 9.17) is 17.5 Å². The zero-order valence-corrected chi connectivity index (χ0v) is 13.9. The minimum atomic E-state index is -5.17. The van der Waals surface area contributed by atoms with Gasteiger partial charge in [-0.2, -0.15) is 0 Å². The Balaban J connectivity index is 0.000000332. The quantitative estimate of drug-likeness (QED) is 0.464. The molecule has 2 rings (SSSR count). The highest BCUT2D eigenvalue weighted by Gasteiger charge is 1.95. The molecule has 0 amide bonds. The van der Waals surface area contributed by atoms with Crippen molar-refractivity contribution in [3.05, 3.63) is 73.3 Å². The molecule has 0 aliphatic rings. The third-order valence-electron chi connectivity index (χ3n) is 2.61. The SMILES string of the molecule is C=Cc1cccc[n+]1C.C=Cc1cccc[n+]1C.O=S(=O)([O-])[O-]. The minimum absolute atomic E-state index is 1.14. The number of pyridine rings is 2. The Morgan fingerprint density at radius 3 is 1.35 bits per heavy atom. The summed E-state index contributed by atoms with van der Waals surface area (Å²) in [5, 5.41) is 0. The molecule has 2 heterocycles. The average Bonchev–Trinajstić information content (AvgIpc) is 2.47. The highest BCUT2D eigenvalue weighted by molar-refractivity contribution is 7.79.